The highest BCUT2D eigenvalue weighted by molar-refractivity contribution is 6.30. The zero-order valence-electron chi connectivity index (χ0n) is 17.8. The zero-order chi connectivity index (χ0) is 21.1. The maximum atomic E-state index is 13.7. The second kappa shape index (κ2) is 8.80. The minimum absolute atomic E-state index is 0.264. The summed E-state index contributed by atoms with van der Waals surface area (Å²) in [6.45, 7) is 7.76. The highest BCUT2D eigenvalue weighted by atomic mass is 35.5. The number of rotatable bonds is 5. The molecule has 2 fully saturated rings. The van der Waals surface area contributed by atoms with Gasteiger partial charge in [0.25, 0.3) is 0 Å². The summed E-state index contributed by atoms with van der Waals surface area (Å²) in [6, 6.07) is 9.83. The number of nitrogens with one attached hydrogen (secondary N) is 1. The fourth-order valence-corrected chi connectivity index (χ4v) is 4.88. The van der Waals surface area contributed by atoms with E-state index in [1.807, 2.05) is 42.2 Å². The van der Waals surface area contributed by atoms with Gasteiger partial charge in [0.1, 0.15) is 5.82 Å². The van der Waals surface area contributed by atoms with Crippen LogP contribution >= 0.6 is 11.6 Å². The molecule has 0 unspecified atom stereocenters. The molecule has 0 spiro atoms. The largest absolute Gasteiger partial charge is 0.370 e. The SMILES string of the molecule is CCNc1cc(C)nc(N2CCN(C(=O)C3(c4ccc(Cl)cc4)CCCC3)CC2)n1. The van der Waals surface area contributed by atoms with Gasteiger partial charge in [0.15, 0.2) is 0 Å². The Balaban J connectivity index is 1.48. The molecule has 1 amide bonds. The predicted molar refractivity (Wildman–Crippen MR) is 121 cm³/mol. The van der Waals surface area contributed by atoms with Crippen LogP contribution in [-0.4, -0.2) is 53.5 Å². The monoisotopic (exact) mass is 427 g/mol. The topological polar surface area (TPSA) is 61.4 Å². The summed E-state index contributed by atoms with van der Waals surface area (Å²) >= 11 is 6.09. The average Bonchev–Trinajstić information content (AvgIpc) is 3.25. The summed E-state index contributed by atoms with van der Waals surface area (Å²) in [5.41, 5.74) is 1.65. The van der Waals surface area contributed by atoms with Gasteiger partial charge in [-0.05, 0) is 44.4 Å². The van der Waals surface area contributed by atoms with E-state index in [2.05, 4.69) is 27.1 Å². The van der Waals surface area contributed by atoms with Crippen LogP contribution in [0.25, 0.3) is 0 Å². The highest BCUT2D eigenvalue weighted by Gasteiger charge is 2.45. The third kappa shape index (κ3) is 4.10. The van der Waals surface area contributed by atoms with Crippen LogP contribution < -0.4 is 10.2 Å². The number of piperazine rings is 1. The second-order valence-corrected chi connectivity index (χ2v) is 8.74. The first-order valence-corrected chi connectivity index (χ1v) is 11.3. The van der Waals surface area contributed by atoms with Crippen LogP contribution in [-0.2, 0) is 10.2 Å². The first kappa shape index (κ1) is 20.9. The summed E-state index contributed by atoms with van der Waals surface area (Å²) in [5.74, 6) is 1.86. The van der Waals surface area contributed by atoms with E-state index >= 15 is 0 Å². The number of anilines is 2. The van der Waals surface area contributed by atoms with Crippen molar-refractivity contribution in [3.63, 3.8) is 0 Å². The van der Waals surface area contributed by atoms with Gasteiger partial charge in [0.05, 0.1) is 5.41 Å². The van der Waals surface area contributed by atoms with E-state index in [4.69, 9.17) is 11.6 Å². The fourth-order valence-electron chi connectivity index (χ4n) is 4.75. The zero-order valence-corrected chi connectivity index (χ0v) is 18.6. The number of nitrogens with zero attached hydrogens (tertiary/aromatic N) is 4. The van der Waals surface area contributed by atoms with E-state index in [0.29, 0.717) is 18.1 Å². The second-order valence-electron chi connectivity index (χ2n) is 8.30. The van der Waals surface area contributed by atoms with E-state index in [1.54, 1.807) is 0 Å². The standard InChI is InChI=1S/C23H30ClN5O/c1-3-25-20-16-17(2)26-22(27-20)29-14-12-28(13-15-29)21(30)23(10-4-5-11-23)18-6-8-19(24)9-7-18/h6-9,16H,3-5,10-15H2,1-2H3,(H,25,26,27). The Bertz CT molecular complexity index is 887. The maximum absolute atomic E-state index is 13.7. The van der Waals surface area contributed by atoms with E-state index in [-0.39, 0.29) is 5.91 Å². The van der Waals surface area contributed by atoms with Crippen molar-refractivity contribution in [1.29, 1.82) is 0 Å². The van der Waals surface area contributed by atoms with E-state index < -0.39 is 5.41 Å². The molecular formula is C23H30ClN5O. The molecule has 1 aliphatic carbocycles. The van der Waals surface area contributed by atoms with Gasteiger partial charge in [-0.15, -0.1) is 0 Å². The van der Waals surface area contributed by atoms with Crippen molar-refractivity contribution in [2.45, 2.75) is 44.9 Å². The molecule has 1 aromatic carbocycles. The average molecular weight is 428 g/mol. The molecule has 7 heteroatoms. The summed E-state index contributed by atoms with van der Waals surface area (Å²) in [6.07, 6.45) is 4.03. The molecule has 1 N–H and O–H groups in total. The van der Waals surface area contributed by atoms with Crippen molar-refractivity contribution < 1.29 is 4.79 Å². The number of carbonyl (C=O) groups excluding carboxylic acids is 1. The summed E-state index contributed by atoms with van der Waals surface area (Å²) in [7, 11) is 0. The molecular weight excluding hydrogens is 398 g/mol. The number of aromatic nitrogens is 2. The van der Waals surface area contributed by atoms with Crippen molar-refractivity contribution >= 4 is 29.3 Å². The fraction of sp³-hybridized carbons (Fsp3) is 0.522. The molecule has 0 radical (unpaired) electrons. The Hall–Kier alpha value is -2.34. The minimum Gasteiger partial charge on any atom is -0.370 e. The lowest BCUT2D eigenvalue weighted by molar-refractivity contribution is -0.137. The molecule has 0 bridgehead atoms. The summed E-state index contributed by atoms with van der Waals surface area (Å²) in [4.78, 5) is 27.2. The number of halogens is 1. The predicted octanol–water partition coefficient (Wildman–Crippen LogP) is 4.03. The van der Waals surface area contributed by atoms with Gasteiger partial charge >= 0.3 is 0 Å². The van der Waals surface area contributed by atoms with Crippen LogP contribution in [0.5, 0.6) is 0 Å². The molecule has 1 saturated carbocycles. The minimum atomic E-state index is -0.398. The van der Waals surface area contributed by atoms with Crippen LogP contribution in [0.2, 0.25) is 5.02 Å². The van der Waals surface area contributed by atoms with Crippen LogP contribution in [0.3, 0.4) is 0 Å². The molecule has 0 atom stereocenters. The Morgan fingerprint density at radius 2 is 1.77 bits per heavy atom. The van der Waals surface area contributed by atoms with Crippen molar-refractivity contribution in [3.8, 4) is 0 Å². The van der Waals surface area contributed by atoms with Crippen LogP contribution in [0.1, 0.15) is 43.9 Å². The first-order valence-electron chi connectivity index (χ1n) is 10.9. The van der Waals surface area contributed by atoms with Crippen molar-refractivity contribution in [2.75, 3.05) is 42.9 Å². The Kier molecular flexibility index (Phi) is 6.14. The molecule has 2 aliphatic rings. The lowest BCUT2D eigenvalue weighted by atomic mass is 9.77. The molecule has 1 aromatic heterocycles. The molecule has 160 valence electrons. The molecule has 1 saturated heterocycles. The van der Waals surface area contributed by atoms with Crippen LogP contribution in [0.4, 0.5) is 11.8 Å². The molecule has 2 heterocycles. The summed E-state index contributed by atoms with van der Waals surface area (Å²) in [5, 5.41) is 3.98. The van der Waals surface area contributed by atoms with Gasteiger partial charge in [-0.2, -0.15) is 4.98 Å². The number of aryl methyl sites for hydroxylation is 1. The molecule has 1 aliphatic heterocycles. The van der Waals surface area contributed by atoms with E-state index in [0.717, 1.165) is 68.3 Å². The van der Waals surface area contributed by atoms with Gasteiger partial charge in [0, 0.05) is 49.5 Å². The van der Waals surface area contributed by atoms with Crippen LogP contribution in [0.15, 0.2) is 30.3 Å². The van der Waals surface area contributed by atoms with Gasteiger partial charge in [-0.3, -0.25) is 4.79 Å². The Labute approximate surface area is 183 Å². The number of hydrogen-bond donors (Lipinski definition) is 1. The summed E-state index contributed by atoms with van der Waals surface area (Å²) < 4.78 is 0. The Morgan fingerprint density at radius 1 is 1.10 bits per heavy atom. The van der Waals surface area contributed by atoms with Gasteiger partial charge in [-0.25, -0.2) is 4.98 Å². The number of benzene rings is 1. The third-order valence-corrected chi connectivity index (χ3v) is 6.57. The number of amides is 1. The van der Waals surface area contributed by atoms with E-state index in [1.165, 1.54) is 0 Å². The quantitative estimate of drug-likeness (QED) is 0.780. The normalized spacial score (nSPS) is 18.5. The molecule has 6 nitrogen and oxygen atoms in total. The van der Waals surface area contributed by atoms with E-state index in [9.17, 15) is 4.79 Å². The number of hydrogen-bond acceptors (Lipinski definition) is 5. The van der Waals surface area contributed by atoms with Gasteiger partial charge in [0.2, 0.25) is 11.9 Å². The molecule has 4 rings (SSSR count). The van der Waals surface area contributed by atoms with Crippen molar-refractivity contribution in [2.24, 2.45) is 0 Å². The maximum Gasteiger partial charge on any atom is 0.233 e. The highest BCUT2D eigenvalue weighted by Crippen LogP contribution is 2.43. The first-order chi connectivity index (χ1) is 14.5. The van der Waals surface area contributed by atoms with Gasteiger partial charge in [-0.1, -0.05) is 36.6 Å². The van der Waals surface area contributed by atoms with Gasteiger partial charge < -0.3 is 15.1 Å². The molecule has 2 aromatic rings. The third-order valence-electron chi connectivity index (χ3n) is 6.31. The lowest BCUT2D eigenvalue weighted by Crippen LogP contribution is -2.54. The van der Waals surface area contributed by atoms with Crippen LogP contribution in [0, 0.1) is 6.92 Å². The smallest absolute Gasteiger partial charge is 0.233 e. The molecule has 30 heavy (non-hydrogen) atoms. The lowest BCUT2D eigenvalue weighted by Gasteiger charge is -2.40. The van der Waals surface area contributed by atoms with Crippen molar-refractivity contribution in [1.82, 2.24) is 14.9 Å². The van der Waals surface area contributed by atoms with Crippen molar-refractivity contribution in [3.05, 3.63) is 46.6 Å². The Morgan fingerprint density at radius 3 is 2.40 bits per heavy atom. The number of carbonyl (C=O) groups is 1.